The summed E-state index contributed by atoms with van der Waals surface area (Å²) in [5.74, 6) is 0.786. The maximum absolute atomic E-state index is 13.4. The Labute approximate surface area is 177 Å². The Bertz CT molecular complexity index is 1110. The van der Waals surface area contributed by atoms with Crippen molar-refractivity contribution in [2.45, 2.75) is 71.9 Å². The molecule has 7 heteroatoms. The van der Waals surface area contributed by atoms with Crippen LogP contribution in [0.15, 0.2) is 23.0 Å². The van der Waals surface area contributed by atoms with Crippen LogP contribution in [0.25, 0.3) is 10.9 Å². The van der Waals surface area contributed by atoms with Gasteiger partial charge in [0.05, 0.1) is 29.7 Å². The maximum atomic E-state index is 13.4. The lowest BCUT2D eigenvalue weighted by atomic mass is 9.96. The van der Waals surface area contributed by atoms with Gasteiger partial charge in [-0.3, -0.25) is 4.79 Å². The lowest BCUT2D eigenvalue weighted by molar-refractivity contribution is -0.931. The molecule has 1 aromatic carbocycles. The summed E-state index contributed by atoms with van der Waals surface area (Å²) in [7, 11) is 0. The van der Waals surface area contributed by atoms with Crippen LogP contribution in [0.3, 0.4) is 0 Å². The van der Waals surface area contributed by atoms with Crippen LogP contribution in [0.4, 0.5) is 0 Å². The van der Waals surface area contributed by atoms with E-state index in [2.05, 4.69) is 66.4 Å². The second kappa shape index (κ2) is 7.95. The van der Waals surface area contributed by atoms with E-state index >= 15 is 0 Å². The number of nitrogens with zero attached hydrogens (tertiary/aromatic N) is 4. The van der Waals surface area contributed by atoms with E-state index in [-0.39, 0.29) is 17.1 Å². The van der Waals surface area contributed by atoms with Crippen LogP contribution in [0.1, 0.15) is 75.0 Å². The van der Waals surface area contributed by atoms with Gasteiger partial charge in [-0.05, 0) is 81.0 Å². The first kappa shape index (κ1) is 20.7. The summed E-state index contributed by atoms with van der Waals surface area (Å²) in [4.78, 5) is 17.9. The van der Waals surface area contributed by atoms with Crippen molar-refractivity contribution >= 4 is 10.9 Å². The predicted molar refractivity (Wildman–Crippen MR) is 118 cm³/mol. The quantitative estimate of drug-likeness (QED) is 0.678. The van der Waals surface area contributed by atoms with E-state index in [1.54, 1.807) is 0 Å². The van der Waals surface area contributed by atoms with Gasteiger partial charge in [-0.25, -0.2) is 4.68 Å². The average Bonchev–Trinajstić information content (AvgIpc) is 3.23. The monoisotopic (exact) mass is 409 g/mol. The smallest absolute Gasteiger partial charge is 0.258 e. The molecular weight excluding hydrogens is 376 g/mol. The number of aryl methyl sites for hydroxylation is 2. The third-order valence-corrected chi connectivity index (χ3v) is 6.88. The van der Waals surface area contributed by atoms with Crippen molar-refractivity contribution in [2.75, 3.05) is 13.1 Å². The molecule has 0 amide bonds. The number of aromatic amines is 1. The minimum atomic E-state index is -0.220. The van der Waals surface area contributed by atoms with E-state index in [4.69, 9.17) is 0 Å². The molecule has 7 nitrogen and oxygen atoms in total. The summed E-state index contributed by atoms with van der Waals surface area (Å²) in [5, 5.41) is 14.0. The molecule has 0 unspecified atom stereocenters. The molecular formula is C23H33N6O+. The first-order chi connectivity index (χ1) is 14.3. The molecule has 3 heterocycles. The number of pyridine rings is 1. The number of piperidine rings is 1. The topological polar surface area (TPSA) is 80.9 Å². The van der Waals surface area contributed by atoms with Gasteiger partial charge < -0.3 is 9.88 Å². The van der Waals surface area contributed by atoms with Gasteiger partial charge in [0.15, 0.2) is 6.04 Å². The van der Waals surface area contributed by atoms with Crippen molar-refractivity contribution in [3.05, 3.63) is 51.1 Å². The highest BCUT2D eigenvalue weighted by Crippen LogP contribution is 2.26. The van der Waals surface area contributed by atoms with E-state index in [1.807, 2.05) is 11.6 Å². The third kappa shape index (κ3) is 3.55. The molecule has 1 aliphatic rings. The maximum Gasteiger partial charge on any atom is 0.258 e. The van der Waals surface area contributed by atoms with Crippen LogP contribution in [0.2, 0.25) is 0 Å². The number of rotatable bonds is 5. The Kier molecular flexibility index (Phi) is 5.49. The number of aromatic nitrogens is 5. The van der Waals surface area contributed by atoms with Gasteiger partial charge in [-0.15, -0.1) is 5.10 Å². The van der Waals surface area contributed by atoms with Crippen molar-refractivity contribution < 1.29 is 4.90 Å². The Balaban J connectivity index is 1.95. The zero-order valence-corrected chi connectivity index (χ0v) is 18.7. The van der Waals surface area contributed by atoms with Gasteiger partial charge in [-0.2, -0.15) is 0 Å². The summed E-state index contributed by atoms with van der Waals surface area (Å²) < 4.78 is 1.94. The molecule has 1 fully saturated rings. The molecule has 2 aromatic heterocycles. The molecule has 0 spiro atoms. The average molecular weight is 410 g/mol. The van der Waals surface area contributed by atoms with Crippen molar-refractivity contribution in [1.82, 2.24) is 25.2 Å². The summed E-state index contributed by atoms with van der Waals surface area (Å²) in [5.41, 5.74) is 3.67. The van der Waals surface area contributed by atoms with E-state index < -0.39 is 0 Å². The Morgan fingerprint density at radius 2 is 1.87 bits per heavy atom. The Hall–Kier alpha value is -2.54. The Morgan fingerprint density at radius 3 is 2.57 bits per heavy atom. The molecule has 160 valence electrons. The summed E-state index contributed by atoms with van der Waals surface area (Å²) >= 11 is 0. The summed E-state index contributed by atoms with van der Waals surface area (Å²) in [6.07, 6.45) is 4.47. The minimum Gasteiger partial charge on any atom is -0.322 e. The minimum absolute atomic E-state index is 0.0388. The molecule has 1 aliphatic heterocycles. The Morgan fingerprint density at radius 1 is 1.17 bits per heavy atom. The number of hydrogen-bond donors (Lipinski definition) is 2. The number of nitrogens with one attached hydrogen (secondary N) is 2. The molecule has 3 aromatic rings. The van der Waals surface area contributed by atoms with Crippen LogP contribution in [-0.4, -0.2) is 38.3 Å². The number of tetrazole rings is 1. The second-order valence-electron chi connectivity index (χ2n) is 9.31. The summed E-state index contributed by atoms with van der Waals surface area (Å²) in [6, 6.07) is 6.08. The zero-order valence-electron chi connectivity index (χ0n) is 18.7. The zero-order chi connectivity index (χ0) is 21.5. The predicted octanol–water partition coefficient (Wildman–Crippen LogP) is 2.43. The van der Waals surface area contributed by atoms with Gasteiger partial charge in [0, 0.05) is 5.39 Å². The number of fused-ring (bicyclic) bond motifs is 1. The number of likely N-dealkylation sites (tertiary alicyclic amines) is 1. The van der Waals surface area contributed by atoms with E-state index in [9.17, 15) is 4.79 Å². The van der Waals surface area contributed by atoms with Gasteiger partial charge in [0.1, 0.15) is 0 Å². The third-order valence-electron chi connectivity index (χ3n) is 6.88. The highest BCUT2D eigenvalue weighted by Gasteiger charge is 2.37. The highest BCUT2D eigenvalue weighted by atomic mass is 16.1. The van der Waals surface area contributed by atoms with Crippen molar-refractivity contribution in [3.63, 3.8) is 0 Å². The first-order valence-corrected chi connectivity index (χ1v) is 11.1. The van der Waals surface area contributed by atoms with Crippen molar-refractivity contribution in [2.24, 2.45) is 0 Å². The number of hydrogen-bond acceptors (Lipinski definition) is 4. The van der Waals surface area contributed by atoms with Gasteiger partial charge in [0.2, 0.25) is 5.82 Å². The van der Waals surface area contributed by atoms with Gasteiger partial charge in [-0.1, -0.05) is 19.1 Å². The van der Waals surface area contributed by atoms with Crippen LogP contribution in [0, 0.1) is 13.8 Å². The normalized spacial score (nSPS) is 16.8. The van der Waals surface area contributed by atoms with Gasteiger partial charge >= 0.3 is 0 Å². The SMILES string of the molecule is CCC(C)(C)n1nnnc1[C@H](c1cc2c(C)ccc(C)c2[nH]c1=O)[NH+]1CCCCC1. The fourth-order valence-corrected chi connectivity index (χ4v) is 4.60. The number of quaternary nitrogens is 1. The molecule has 0 radical (unpaired) electrons. The molecule has 1 atom stereocenters. The van der Waals surface area contributed by atoms with E-state index in [0.29, 0.717) is 0 Å². The van der Waals surface area contributed by atoms with Crippen LogP contribution < -0.4 is 10.5 Å². The molecule has 4 rings (SSSR count). The van der Waals surface area contributed by atoms with Crippen LogP contribution in [0.5, 0.6) is 0 Å². The molecule has 0 bridgehead atoms. The van der Waals surface area contributed by atoms with Crippen molar-refractivity contribution in [1.29, 1.82) is 0 Å². The number of benzene rings is 1. The second-order valence-corrected chi connectivity index (χ2v) is 9.31. The van der Waals surface area contributed by atoms with E-state index in [1.165, 1.54) is 11.3 Å². The lowest BCUT2D eigenvalue weighted by Gasteiger charge is -2.33. The molecule has 30 heavy (non-hydrogen) atoms. The lowest BCUT2D eigenvalue weighted by Crippen LogP contribution is -3.13. The standard InChI is InChI=1S/C23H32N6O/c1-6-23(4,5)29-21(25-26-27-29)20(28-12-8-7-9-13-28)18-14-17-15(2)10-11-16(3)19(17)24-22(18)30/h10-11,14,20H,6-9,12-13H2,1-5H3,(H,24,30)/p+1/t20-/m0/s1. The highest BCUT2D eigenvalue weighted by molar-refractivity contribution is 5.85. The first-order valence-electron chi connectivity index (χ1n) is 11.1. The molecule has 0 saturated carbocycles. The fourth-order valence-electron chi connectivity index (χ4n) is 4.60. The molecule has 1 saturated heterocycles. The van der Waals surface area contributed by atoms with Crippen LogP contribution >= 0.6 is 0 Å². The van der Waals surface area contributed by atoms with Gasteiger partial charge in [0.25, 0.3) is 5.56 Å². The fraction of sp³-hybridized carbons (Fsp3) is 0.565. The molecule has 2 N–H and O–H groups in total. The van der Waals surface area contributed by atoms with Crippen molar-refractivity contribution in [3.8, 4) is 0 Å². The largest absolute Gasteiger partial charge is 0.322 e. The number of H-pyrrole nitrogens is 1. The summed E-state index contributed by atoms with van der Waals surface area (Å²) in [6.45, 7) is 12.6. The molecule has 0 aliphatic carbocycles. The van der Waals surface area contributed by atoms with Crippen LogP contribution in [-0.2, 0) is 5.54 Å². The van der Waals surface area contributed by atoms with E-state index in [0.717, 1.165) is 65.8 Å².